The van der Waals surface area contributed by atoms with E-state index in [0.29, 0.717) is 58.0 Å². The van der Waals surface area contributed by atoms with Gasteiger partial charge in [0.2, 0.25) is 10.0 Å². The van der Waals surface area contributed by atoms with Gasteiger partial charge < -0.3 is 25.2 Å². The summed E-state index contributed by atoms with van der Waals surface area (Å²) >= 11 is 0. The summed E-state index contributed by atoms with van der Waals surface area (Å²) in [6, 6.07) is 14.6. The average Bonchev–Trinajstić information content (AvgIpc) is 3.01. The van der Waals surface area contributed by atoms with Gasteiger partial charge in [0, 0.05) is 44.8 Å². The lowest BCUT2D eigenvalue weighted by Gasteiger charge is -2.32. The topological polar surface area (TPSA) is 138 Å². The lowest BCUT2D eigenvalue weighted by atomic mass is 10.0. The molecule has 2 fully saturated rings. The molecule has 12 heteroatoms. The first-order chi connectivity index (χ1) is 20.6. The van der Waals surface area contributed by atoms with Crippen LogP contribution in [0.5, 0.6) is 0 Å². The number of rotatable bonds is 14. The van der Waals surface area contributed by atoms with Crippen LogP contribution in [0, 0.1) is 5.92 Å². The van der Waals surface area contributed by atoms with Crippen molar-refractivity contribution in [3.63, 3.8) is 0 Å². The summed E-state index contributed by atoms with van der Waals surface area (Å²) < 4.78 is 39.9. The maximum atomic E-state index is 13.8. The molecule has 0 aliphatic carbocycles. The Kier molecular flexibility index (Phi) is 12.2. The van der Waals surface area contributed by atoms with E-state index in [1.807, 2.05) is 49.1 Å². The molecule has 2 aliphatic rings. The predicted molar refractivity (Wildman–Crippen MR) is 162 cm³/mol. The minimum atomic E-state index is -4.03. The lowest BCUT2D eigenvalue weighted by molar-refractivity contribution is -0.135. The van der Waals surface area contributed by atoms with E-state index in [1.165, 1.54) is 28.6 Å². The van der Waals surface area contributed by atoms with Gasteiger partial charge in [0.1, 0.15) is 6.10 Å². The molecule has 1 unspecified atom stereocenters. The molecule has 0 saturated carbocycles. The van der Waals surface area contributed by atoms with Gasteiger partial charge in [-0.3, -0.25) is 14.5 Å². The third-order valence-electron chi connectivity index (χ3n) is 7.56. The standard InChI is InChI=1S/C31H44N4O7S/c1-23(2)20-35(43(39,40)26-10-8-25(9-11-26)28(36)21-34-13-16-41-17-14-34)22-29(37)27(18-24-6-4-3-5-7-24)33-31(38)30-19-32-12-15-42-30/h3-11,23,27,29-30,32,37H,12-22H2,1-2H3,(H,33,38)/t27-,29+,30?/m0/s1. The van der Waals surface area contributed by atoms with E-state index in [4.69, 9.17) is 9.47 Å². The molecule has 2 aliphatic heterocycles. The molecule has 236 valence electrons. The van der Waals surface area contributed by atoms with E-state index in [-0.39, 0.29) is 42.1 Å². The number of benzene rings is 2. The lowest BCUT2D eigenvalue weighted by Crippen LogP contribution is -2.55. The number of carbonyl (C=O) groups is 2. The van der Waals surface area contributed by atoms with Crippen LogP contribution >= 0.6 is 0 Å². The average molecular weight is 617 g/mol. The van der Waals surface area contributed by atoms with Gasteiger partial charge in [-0.05, 0) is 30.0 Å². The number of hydrogen-bond donors (Lipinski definition) is 3. The fraction of sp³-hybridized carbons (Fsp3) is 0.548. The number of ketones is 1. The minimum absolute atomic E-state index is 0.0276. The molecule has 1 amide bonds. The second kappa shape index (κ2) is 15.8. The fourth-order valence-corrected chi connectivity index (χ4v) is 6.81. The second-order valence-electron chi connectivity index (χ2n) is 11.5. The Labute approximate surface area is 254 Å². The van der Waals surface area contributed by atoms with Crippen LogP contribution in [-0.2, 0) is 30.7 Å². The number of amides is 1. The Morgan fingerprint density at radius 3 is 2.37 bits per heavy atom. The zero-order chi connectivity index (χ0) is 30.8. The summed E-state index contributed by atoms with van der Waals surface area (Å²) in [6.45, 7) is 7.95. The predicted octanol–water partition coefficient (Wildman–Crippen LogP) is 0.925. The van der Waals surface area contributed by atoms with Crippen LogP contribution in [-0.4, -0.2) is 118 Å². The number of ether oxygens (including phenoxy) is 2. The number of nitrogens with one attached hydrogen (secondary N) is 2. The third-order valence-corrected chi connectivity index (χ3v) is 9.40. The third kappa shape index (κ3) is 9.64. The second-order valence-corrected chi connectivity index (χ2v) is 13.4. The highest BCUT2D eigenvalue weighted by atomic mass is 32.2. The summed E-state index contributed by atoms with van der Waals surface area (Å²) in [4.78, 5) is 27.9. The first kappa shape index (κ1) is 33.2. The van der Waals surface area contributed by atoms with Crippen LogP contribution in [0.2, 0.25) is 0 Å². The number of Topliss-reactive ketones (excluding diaryl/α,β-unsaturated/α-hetero) is 1. The first-order valence-corrected chi connectivity index (χ1v) is 16.4. The number of nitrogens with zero attached hydrogens (tertiary/aromatic N) is 2. The van der Waals surface area contributed by atoms with Crippen molar-refractivity contribution in [3.05, 3.63) is 65.7 Å². The highest BCUT2D eigenvalue weighted by Gasteiger charge is 2.33. The van der Waals surface area contributed by atoms with Crippen LogP contribution in [0.15, 0.2) is 59.5 Å². The normalized spacial score (nSPS) is 19.7. The van der Waals surface area contributed by atoms with E-state index in [9.17, 15) is 23.1 Å². The highest BCUT2D eigenvalue weighted by molar-refractivity contribution is 7.89. The van der Waals surface area contributed by atoms with Crippen LogP contribution in [0.4, 0.5) is 0 Å². The Morgan fingerprint density at radius 2 is 1.74 bits per heavy atom. The first-order valence-electron chi connectivity index (χ1n) is 14.9. The molecule has 2 aromatic carbocycles. The molecule has 3 atom stereocenters. The molecule has 3 N–H and O–H groups in total. The zero-order valence-electron chi connectivity index (χ0n) is 25.0. The van der Waals surface area contributed by atoms with Crippen LogP contribution in [0.25, 0.3) is 0 Å². The Bertz CT molecular complexity index is 1280. The van der Waals surface area contributed by atoms with Crippen molar-refractivity contribution in [1.82, 2.24) is 19.8 Å². The van der Waals surface area contributed by atoms with Gasteiger partial charge in [-0.15, -0.1) is 0 Å². The summed E-state index contributed by atoms with van der Waals surface area (Å²) in [6.07, 6.45) is -1.59. The van der Waals surface area contributed by atoms with Crippen molar-refractivity contribution in [3.8, 4) is 0 Å². The van der Waals surface area contributed by atoms with Gasteiger partial charge in [-0.2, -0.15) is 4.31 Å². The Balaban J connectivity index is 1.49. The van der Waals surface area contributed by atoms with Gasteiger partial charge >= 0.3 is 0 Å². The molecule has 2 aromatic rings. The molecular weight excluding hydrogens is 572 g/mol. The number of hydrogen-bond acceptors (Lipinski definition) is 9. The van der Waals surface area contributed by atoms with Crippen LogP contribution in [0.1, 0.15) is 29.8 Å². The monoisotopic (exact) mass is 616 g/mol. The van der Waals surface area contributed by atoms with Gasteiger partial charge in [0.25, 0.3) is 5.91 Å². The molecule has 2 heterocycles. The molecule has 0 aromatic heterocycles. The van der Waals surface area contributed by atoms with Crippen molar-refractivity contribution in [2.24, 2.45) is 5.92 Å². The number of aliphatic hydroxyl groups is 1. The molecule has 43 heavy (non-hydrogen) atoms. The van der Waals surface area contributed by atoms with E-state index in [0.717, 1.165) is 5.56 Å². The quantitative estimate of drug-likeness (QED) is 0.265. The summed E-state index contributed by atoms with van der Waals surface area (Å²) in [5, 5.41) is 17.5. The maximum absolute atomic E-state index is 13.8. The van der Waals surface area contributed by atoms with E-state index >= 15 is 0 Å². The van der Waals surface area contributed by atoms with E-state index in [1.54, 1.807) is 0 Å². The minimum Gasteiger partial charge on any atom is -0.390 e. The van der Waals surface area contributed by atoms with Crippen molar-refractivity contribution < 1.29 is 32.6 Å². The molecule has 11 nitrogen and oxygen atoms in total. The van der Waals surface area contributed by atoms with Crippen LogP contribution in [0.3, 0.4) is 0 Å². The van der Waals surface area contributed by atoms with Crippen molar-refractivity contribution in [2.45, 2.75) is 43.4 Å². The molecular formula is C31H44N4O7S. The van der Waals surface area contributed by atoms with Gasteiger partial charge in [0.15, 0.2) is 5.78 Å². The summed E-state index contributed by atoms with van der Waals surface area (Å²) in [5.74, 6) is -0.472. The molecule has 0 bridgehead atoms. The van der Waals surface area contributed by atoms with Crippen molar-refractivity contribution >= 4 is 21.7 Å². The number of carbonyl (C=O) groups excluding carboxylic acids is 2. The maximum Gasteiger partial charge on any atom is 0.250 e. The van der Waals surface area contributed by atoms with Gasteiger partial charge in [-0.25, -0.2) is 8.42 Å². The Hall–Kier alpha value is -2.71. The van der Waals surface area contributed by atoms with Gasteiger partial charge in [0.05, 0.1) is 43.4 Å². The number of morpholine rings is 2. The van der Waals surface area contributed by atoms with Crippen LogP contribution < -0.4 is 10.6 Å². The number of sulfonamides is 1. The largest absolute Gasteiger partial charge is 0.390 e. The van der Waals surface area contributed by atoms with Crippen molar-refractivity contribution in [2.75, 3.05) is 65.6 Å². The van der Waals surface area contributed by atoms with Gasteiger partial charge in [-0.1, -0.05) is 56.3 Å². The van der Waals surface area contributed by atoms with E-state index in [2.05, 4.69) is 10.6 Å². The molecule has 2 saturated heterocycles. The summed E-state index contributed by atoms with van der Waals surface area (Å²) in [7, 11) is -4.03. The fourth-order valence-electron chi connectivity index (χ4n) is 5.19. The Morgan fingerprint density at radius 1 is 1.05 bits per heavy atom. The highest BCUT2D eigenvalue weighted by Crippen LogP contribution is 2.20. The molecule has 4 rings (SSSR count). The summed E-state index contributed by atoms with van der Waals surface area (Å²) in [5.41, 5.74) is 1.33. The van der Waals surface area contributed by atoms with Crippen molar-refractivity contribution in [1.29, 1.82) is 0 Å². The number of aliphatic hydroxyl groups excluding tert-OH is 1. The molecule has 0 radical (unpaired) electrons. The molecule has 0 spiro atoms. The smallest absolute Gasteiger partial charge is 0.250 e. The van der Waals surface area contributed by atoms with E-state index < -0.39 is 28.3 Å². The SMILES string of the molecule is CC(C)CN(C[C@@H](O)[C@H](Cc1ccccc1)NC(=O)C1CNCCO1)S(=O)(=O)c1ccc(C(=O)CN2CCOCC2)cc1. The zero-order valence-corrected chi connectivity index (χ0v) is 25.8.